The van der Waals surface area contributed by atoms with Crippen LogP contribution in [0.4, 0.5) is 0 Å². The Balaban J connectivity index is 3.14. The monoisotopic (exact) mass is 478 g/mol. The highest BCUT2D eigenvalue weighted by atomic mass is 16.4. The summed E-state index contributed by atoms with van der Waals surface area (Å²) in [5.41, 5.74) is 6.47. The molecule has 0 aromatic heterocycles. The molecule has 1 aromatic carbocycles. The number of carbonyl (C=O) groups excluding carboxylic acids is 3. The number of carbonyl (C=O) groups is 5. The smallest absolute Gasteiger partial charge is 0.326 e. The predicted molar refractivity (Wildman–Crippen MR) is 123 cm³/mol. The lowest BCUT2D eigenvalue weighted by atomic mass is 10.0. The molecule has 0 aliphatic rings. The van der Waals surface area contributed by atoms with Gasteiger partial charge < -0.3 is 31.9 Å². The lowest BCUT2D eigenvalue weighted by molar-refractivity contribution is -0.144. The Morgan fingerprint density at radius 3 is 1.79 bits per heavy atom. The van der Waals surface area contributed by atoms with Crippen molar-refractivity contribution in [3.8, 4) is 0 Å². The minimum atomic E-state index is -1.48. The van der Waals surface area contributed by atoms with Gasteiger partial charge in [0.2, 0.25) is 17.7 Å². The molecule has 0 aliphatic carbocycles. The average molecular weight is 479 g/mol. The molecule has 0 spiro atoms. The first kappa shape index (κ1) is 28.6. The van der Waals surface area contributed by atoms with E-state index in [9.17, 15) is 34.2 Å². The summed E-state index contributed by atoms with van der Waals surface area (Å²) in [6.45, 7) is 6.65. The number of carboxylic acids is 2. The quantitative estimate of drug-likeness (QED) is 0.226. The number of rotatable bonds is 13. The maximum absolute atomic E-state index is 13.0. The van der Waals surface area contributed by atoms with E-state index in [-0.39, 0.29) is 12.3 Å². The molecule has 0 aliphatic heterocycles. The van der Waals surface area contributed by atoms with Gasteiger partial charge in [-0.3, -0.25) is 19.2 Å². The highest BCUT2D eigenvalue weighted by Crippen LogP contribution is 2.08. The molecule has 1 rings (SSSR count). The summed E-state index contributed by atoms with van der Waals surface area (Å²) < 4.78 is 0. The van der Waals surface area contributed by atoms with Gasteiger partial charge in [-0.2, -0.15) is 0 Å². The Kier molecular flexibility index (Phi) is 11.2. The molecule has 0 saturated heterocycles. The van der Waals surface area contributed by atoms with Gasteiger partial charge in [-0.15, -0.1) is 0 Å². The number of aliphatic carboxylic acids is 2. The number of hydrogen-bond donors (Lipinski definition) is 6. The van der Waals surface area contributed by atoms with E-state index in [1.165, 1.54) is 0 Å². The van der Waals surface area contributed by atoms with Crippen LogP contribution in [-0.4, -0.2) is 64.0 Å². The lowest BCUT2D eigenvalue weighted by Crippen LogP contribution is -2.58. The fraction of sp³-hybridized carbons (Fsp3) is 0.522. The molecule has 11 nitrogen and oxygen atoms in total. The van der Waals surface area contributed by atoms with E-state index in [4.69, 9.17) is 5.73 Å². The number of nitrogens with two attached hydrogens (primary N) is 1. The molecular weight excluding hydrogens is 444 g/mol. The average Bonchev–Trinajstić information content (AvgIpc) is 2.75. The summed E-state index contributed by atoms with van der Waals surface area (Å²) in [4.78, 5) is 61.0. The molecule has 0 heterocycles. The van der Waals surface area contributed by atoms with Gasteiger partial charge in [0, 0.05) is 6.42 Å². The van der Waals surface area contributed by atoms with Crippen molar-refractivity contribution in [2.45, 2.75) is 64.7 Å². The zero-order valence-corrected chi connectivity index (χ0v) is 19.8. The Bertz CT molecular complexity index is 873. The van der Waals surface area contributed by atoms with Crippen molar-refractivity contribution in [3.63, 3.8) is 0 Å². The van der Waals surface area contributed by atoms with E-state index in [2.05, 4.69) is 16.0 Å². The van der Waals surface area contributed by atoms with E-state index < -0.39 is 66.2 Å². The van der Waals surface area contributed by atoms with Crippen molar-refractivity contribution in [1.82, 2.24) is 16.0 Å². The number of amides is 3. The minimum absolute atomic E-state index is 0.0160. The number of hydrogen-bond acceptors (Lipinski definition) is 6. The van der Waals surface area contributed by atoms with E-state index in [0.717, 1.165) is 0 Å². The molecule has 0 radical (unpaired) electrons. The summed E-state index contributed by atoms with van der Waals surface area (Å²) in [6.07, 6.45) is -0.714. The summed E-state index contributed by atoms with van der Waals surface area (Å²) in [6, 6.07) is 3.83. The number of benzene rings is 1. The van der Waals surface area contributed by atoms with Crippen LogP contribution in [0.2, 0.25) is 0 Å². The zero-order valence-electron chi connectivity index (χ0n) is 19.8. The Labute approximate surface area is 198 Å². The van der Waals surface area contributed by atoms with Gasteiger partial charge in [0.25, 0.3) is 0 Å². The largest absolute Gasteiger partial charge is 0.481 e. The highest BCUT2D eigenvalue weighted by molar-refractivity contribution is 5.95. The van der Waals surface area contributed by atoms with Crippen LogP contribution in [0.5, 0.6) is 0 Å². The van der Waals surface area contributed by atoms with E-state index >= 15 is 0 Å². The Hall–Kier alpha value is -3.47. The van der Waals surface area contributed by atoms with E-state index in [0.29, 0.717) is 5.56 Å². The molecule has 188 valence electrons. The predicted octanol–water partition coefficient (Wildman–Crippen LogP) is -0.118. The maximum atomic E-state index is 13.0. The SMILES string of the molecule is CC(C)C(N)C(=O)NC(CC(=O)O)C(=O)NC(Cc1ccccc1)C(=O)NC(C(=O)O)C(C)C. The second kappa shape index (κ2) is 13.3. The maximum Gasteiger partial charge on any atom is 0.326 e. The second-order valence-electron chi connectivity index (χ2n) is 8.75. The summed E-state index contributed by atoms with van der Waals surface area (Å²) in [5.74, 6) is -5.61. The van der Waals surface area contributed by atoms with Crippen LogP contribution in [-0.2, 0) is 30.4 Å². The molecule has 0 bridgehead atoms. The molecule has 1 aromatic rings. The summed E-state index contributed by atoms with van der Waals surface area (Å²) in [7, 11) is 0. The fourth-order valence-corrected chi connectivity index (χ4v) is 3.05. The van der Waals surface area contributed by atoms with Gasteiger partial charge in [-0.25, -0.2) is 4.79 Å². The fourth-order valence-electron chi connectivity index (χ4n) is 3.05. The third-order valence-corrected chi connectivity index (χ3v) is 5.18. The summed E-state index contributed by atoms with van der Waals surface area (Å²) >= 11 is 0. The first-order valence-corrected chi connectivity index (χ1v) is 11.0. The Morgan fingerprint density at radius 2 is 1.32 bits per heavy atom. The zero-order chi connectivity index (χ0) is 26.0. The number of nitrogens with one attached hydrogen (secondary N) is 3. The van der Waals surface area contributed by atoms with Crippen molar-refractivity contribution in [1.29, 1.82) is 0 Å². The minimum Gasteiger partial charge on any atom is -0.481 e. The van der Waals surface area contributed by atoms with Gasteiger partial charge in [0.05, 0.1) is 12.5 Å². The van der Waals surface area contributed by atoms with Crippen LogP contribution >= 0.6 is 0 Å². The standard InChI is InChI=1S/C23H34N4O7/c1-12(2)18(24)22(32)26-16(11-17(28)29)20(30)25-15(10-14-8-6-5-7-9-14)21(31)27-19(13(3)4)23(33)34/h5-9,12-13,15-16,18-19H,10-11,24H2,1-4H3,(H,25,30)(H,26,32)(H,27,31)(H,28,29)(H,33,34). The molecule has 11 heteroatoms. The molecule has 7 N–H and O–H groups in total. The topological polar surface area (TPSA) is 188 Å². The first-order chi connectivity index (χ1) is 15.8. The highest BCUT2D eigenvalue weighted by Gasteiger charge is 2.32. The molecule has 3 amide bonds. The molecule has 0 saturated carbocycles. The van der Waals surface area contributed by atoms with Gasteiger partial charge in [0.1, 0.15) is 18.1 Å². The lowest BCUT2D eigenvalue weighted by Gasteiger charge is -2.26. The van der Waals surface area contributed by atoms with Gasteiger partial charge in [-0.1, -0.05) is 58.0 Å². The first-order valence-electron chi connectivity index (χ1n) is 11.0. The van der Waals surface area contributed by atoms with Crippen LogP contribution in [0.3, 0.4) is 0 Å². The molecular formula is C23H34N4O7. The van der Waals surface area contributed by atoms with Crippen LogP contribution < -0.4 is 21.7 Å². The van der Waals surface area contributed by atoms with Crippen molar-refractivity contribution in [2.75, 3.05) is 0 Å². The van der Waals surface area contributed by atoms with Crippen LogP contribution in [0.25, 0.3) is 0 Å². The van der Waals surface area contributed by atoms with Gasteiger partial charge >= 0.3 is 11.9 Å². The van der Waals surface area contributed by atoms with Crippen LogP contribution in [0.15, 0.2) is 30.3 Å². The second-order valence-corrected chi connectivity index (χ2v) is 8.75. The van der Waals surface area contributed by atoms with Crippen molar-refractivity contribution >= 4 is 29.7 Å². The van der Waals surface area contributed by atoms with Crippen LogP contribution in [0.1, 0.15) is 39.7 Å². The molecule has 4 unspecified atom stereocenters. The summed E-state index contributed by atoms with van der Waals surface area (Å²) in [5, 5.41) is 25.8. The normalized spacial score (nSPS) is 14.6. The molecule has 34 heavy (non-hydrogen) atoms. The molecule has 4 atom stereocenters. The molecule has 0 fully saturated rings. The van der Waals surface area contributed by atoms with Crippen molar-refractivity contribution in [3.05, 3.63) is 35.9 Å². The number of carboxylic acid groups (broad SMARTS) is 2. The van der Waals surface area contributed by atoms with Crippen molar-refractivity contribution in [2.24, 2.45) is 17.6 Å². The third-order valence-electron chi connectivity index (χ3n) is 5.18. The van der Waals surface area contributed by atoms with Crippen LogP contribution in [0, 0.1) is 11.8 Å². The van der Waals surface area contributed by atoms with Gasteiger partial charge in [-0.05, 0) is 17.4 Å². The van der Waals surface area contributed by atoms with Gasteiger partial charge in [0.15, 0.2) is 0 Å². The third kappa shape index (κ3) is 9.18. The Morgan fingerprint density at radius 1 is 0.794 bits per heavy atom. The van der Waals surface area contributed by atoms with Crippen molar-refractivity contribution < 1.29 is 34.2 Å². The van der Waals surface area contributed by atoms with E-state index in [1.54, 1.807) is 58.0 Å². The van der Waals surface area contributed by atoms with E-state index in [1.807, 2.05) is 0 Å².